The van der Waals surface area contributed by atoms with Crippen molar-refractivity contribution >= 4 is 22.3 Å². The average molecular weight is 566 g/mol. The van der Waals surface area contributed by atoms with Gasteiger partial charge in [-0.05, 0) is 52.1 Å². The first-order chi connectivity index (χ1) is 21.3. The highest BCUT2D eigenvalue weighted by atomic mass is 19.1. The van der Waals surface area contributed by atoms with Gasteiger partial charge >= 0.3 is 0 Å². The van der Waals surface area contributed by atoms with Gasteiger partial charge in [0.15, 0.2) is 5.83 Å². The summed E-state index contributed by atoms with van der Waals surface area (Å²) in [5.74, 6) is -2.42. The topological polar surface area (TPSA) is 171 Å². The quantitative estimate of drug-likeness (QED) is 0.234. The summed E-state index contributed by atoms with van der Waals surface area (Å²) in [6, 6.07) is 23.7. The van der Waals surface area contributed by atoms with Crippen LogP contribution >= 0.6 is 0 Å². The highest BCUT2D eigenvalue weighted by Gasteiger charge is 2.43. The van der Waals surface area contributed by atoms with Crippen molar-refractivity contribution in [1.82, 2.24) is 0 Å². The van der Waals surface area contributed by atoms with Crippen molar-refractivity contribution in [3.05, 3.63) is 116 Å². The number of fused-ring (bicyclic) bond motifs is 2. The molecule has 0 atom stereocenters. The van der Waals surface area contributed by atoms with E-state index in [1.165, 1.54) is 48.5 Å². The summed E-state index contributed by atoms with van der Waals surface area (Å²) < 4.78 is 32.6. The number of nitriles is 7. The lowest BCUT2D eigenvalue weighted by molar-refractivity contribution is 0.681. The second-order valence-electron chi connectivity index (χ2n) is 9.15. The zero-order valence-electron chi connectivity index (χ0n) is 22.0. The van der Waals surface area contributed by atoms with Crippen molar-refractivity contribution in [3.63, 3.8) is 0 Å². The van der Waals surface area contributed by atoms with E-state index in [1.807, 2.05) is 12.1 Å². The number of rotatable bonds is 2. The Balaban J connectivity index is 2.21. The number of benzene rings is 3. The van der Waals surface area contributed by atoms with E-state index in [4.69, 9.17) is 6.57 Å². The molecule has 0 saturated carbocycles. The number of halogens is 2. The maximum atomic E-state index is 16.3. The van der Waals surface area contributed by atoms with Gasteiger partial charge in [0, 0.05) is 27.8 Å². The molecule has 0 aliphatic heterocycles. The molecule has 2 aliphatic rings. The zero-order valence-corrected chi connectivity index (χ0v) is 22.0. The Labute approximate surface area is 248 Å². The van der Waals surface area contributed by atoms with Gasteiger partial charge in [0.2, 0.25) is 0 Å². The van der Waals surface area contributed by atoms with Gasteiger partial charge in [-0.3, -0.25) is 0 Å². The van der Waals surface area contributed by atoms with Crippen LogP contribution in [0.15, 0.2) is 71.5 Å². The molecule has 10 heteroatoms. The third kappa shape index (κ3) is 3.81. The number of allylic oxidation sites excluding steroid dienone is 8. The normalized spacial score (nSPS) is 13.5. The van der Waals surface area contributed by atoms with Crippen LogP contribution in [0, 0.1) is 85.9 Å². The van der Waals surface area contributed by atoms with Gasteiger partial charge in [-0.15, -0.1) is 0 Å². The molecule has 5 rings (SSSR count). The van der Waals surface area contributed by atoms with Crippen molar-refractivity contribution in [3.8, 4) is 64.7 Å². The Kier molecular flexibility index (Phi) is 6.83. The summed E-state index contributed by atoms with van der Waals surface area (Å²) in [6.45, 7) is 7.57. The number of nitrogens with zero attached hydrogens (tertiary/aromatic N) is 8. The van der Waals surface area contributed by atoms with Gasteiger partial charge in [-0.1, -0.05) is 24.3 Å². The molecule has 0 radical (unpaired) electrons. The predicted octanol–water partition coefficient (Wildman–Crippen LogP) is 7.15. The zero-order chi connectivity index (χ0) is 31.7. The van der Waals surface area contributed by atoms with E-state index >= 15 is 8.78 Å². The lowest BCUT2D eigenvalue weighted by Gasteiger charge is -2.22. The minimum Gasteiger partial charge on any atom is -0.226 e. The van der Waals surface area contributed by atoms with E-state index in [9.17, 15) is 36.8 Å². The van der Waals surface area contributed by atoms with E-state index in [-0.39, 0.29) is 55.6 Å². The van der Waals surface area contributed by atoms with Crippen molar-refractivity contribution in [2.24, 2.45) is 0 Å². The summed E-state index contributed by atoms with van der Waals surface area (Å²) in [6.07, 6.45) is 0. The maximum Gasteiger partial charge on any atom is 0.272 e. The van der Waals surface area contributed by atoms with Crippen molar-refractivity contribution in [2.45, 2.75) is 0 Å². The van der Waals surface area contributed by atoms with E-state index < -0.39 is 45.2 Å². The Morgan fingerprint density at radius 3 is 1.27 bits per heavy atom. The van der Waals surface area contributed by atoms with Gasteiger partial charge in [0.05, 0.1) is 47.1 Å². The minimum atomic E-state index is -1.21. The fourth-order valence-corrected chi connectivity index (χ4v) is 5.38. The molecule has 0 unspecified atom stereocenters. The third-order valence-electron chi connectivity index (χ3n) is 7.14. The molecule has 0 spiro atoms. The molecular formula is C34H8F2N8. The molecule has 0 heterocycles. The largest absolute Gasteiger partial charge is 0.272 e. The highest BCUT2D eigenvalue weighted by Crippen LogP contribution is 2.59. The summed E-state index contributed by atoms with van der Waals surface area (Å²) in [4.78, 5) is 3.17. The van der Waals surface area contributed by atoms with Gasteiger partial charge < -0.3 is 0 Å². The molecule has 0 amide bonds. The molecule has 2 aliphatic carbocycles. The van der Waals surface area contributed by atoms with Crippen LogP contribution in [0.2, 0.25) is 0 Å². The molecule has 0 aromatic heterocycles. The smallest absolute Gasteiger partial charge is 0.226 e. The van der Waals surface area contributed by atoms with E-state index in [0.717, 1.165) is 0 Å². The van der Waals surface area contributed by atoms with Crippen LogP contribution in [0.1, 0.15) is 33.4 Å². The van der Waals surface area contributed by atoms with Crippen LogP contribution in [0.5, 0.6) is 0 Å². The first-order valence-corrected chi connectivity index (χ1v) is 12.3. The lowest BCUT2D eigenvalue weighted by Crippen LogP contribution is -2.04. The van der Waals surface area contributed by atoms with Gasteiger partial charge in [0.1, 0.15) is 35.7 Å². The first-order valence-electron chi connectivity index (χ1n) is 12.3. The molecule has 8 nitrogen and oxygen atoms in total. The predicted molar refractivity (Wildman–Crippen MR) is 151 cm³/mol. The molecule has 3 aromatic carbocycles. The molecule has 3 aromatic rings. The molecule has 44 heavy (non-hydrogen) atoms. The monoisotopic (exact) mass is 566 g/mol. The van der Waals surface area contributed by atoms with Gasteiger partial charge in [-0.2, -0.15) is 31.6 Å². The highest BCUT2D eigenvalue weighted by molar-refractivity contribution is 6.20. The van der Waals surface area contributed by atoms with Crippen molar-refractivity contribution < 1.29 is 8.78 Å². The SMILES string of the molecule is [C-]#[N+]/C(C#N)=C1\C(F)=C(C#N)c2c1c(-c1ccc(C#N)cc1)c1c(c2-c2ccc(C#N)cc2)C(=C(C#N)C#N)C(F)=C1C#N. The fourth-order valence-electron chi connectivity index (χ4n) is 5.38. The van der Waals surface area contributed by atoms with Crippen molar-refractivity contribution in [1.29, 1.82) is 36.8 Å². The van der Waals surface area contributed by atoms with Crippen LogP contribution in [0.3, 0.4) is 0 Å². The molecule has 0 fully saturated rings. The van der Waals surface area contributed by atoms with Crippen LogP contribution in [0.4, 0.5) is 8.78 Å². The molecule has 198 valence electrons. The molecule has 0 bridgehead atoms. The lowest BCUT2D eigenvalue weighted by atomic mass is 9.78. The third-order valence-corrected chi connectivity index (χ3v) is 7.14. The van der Waals surface area contributed by atoms with Crippen LogP contribution in [0.25, 0.3) is 49.4 Å². The van der Waals surface area contributed by atoms with Gasteiger partial charge in [0.25, 0.3) is 5.70 Å². The number of hydrogen-bond donors (Lipinski definition) is 0. The Bertz CT molecular complexity index is 2150. The average Bonchev–Trinajstić information content (AvgIpc) is 3.51. The van der Waals surface area contributed by atoms with Crippen LogP contribution < -0.4 is 0 Å². The van der Waals surface area contributed by atoms with Crippen LogP contribution in [-0.4, -0.2) is 0 Å². The van der Waals surface area contributed by atoms with E-state index in [0.29, 0.717) is 0 Å². The summed E-state index contributed by atoms with van der Waals surface area (Å²) in [5, 5.41) is 68.5. The summed E-state index contributed by atoms with van der Waals surface area (Å²) in [7, 11) is 0. The molecule has 0 N–H and O–H groups in total. The maximum absolute atomic E-state index is 16.3. The second kappa shape index (κ2) is 10.8. The summed E-state index contributed by atoms with van der Waals surface area (Å²) >= 11 is 0. The molecule has 0 saturated heterocycles. The van der Waals surface area contributed by atoms with Gasteiger partial charge in [-0.25, -0.2) is 18.9 Å². The standard InChI is InChI=1S/C34H8F2N8/c1-44-24(16-43)30-32-26(20-8-4-18(11-38)5-9-20)28-22(14-41)33(35)27(21(12-39)13-40)31(28)25(29(32)23(15-42)34(30)36)19-6-2-17(10-37)3-7-19/h2-9H/b30-24-. The Morgan fingerprint density at radius 1 is 0.523 bits per heavy atom. The second-order valence-corrected chi connectivity index (χ2v) is 9.15. The first kappa shape index (κ1) is 27.9. The fraction of sp³-hybridized carbons (Fsp3) is 0. The molecular weight excluding hydrogens is 558 g/mol. The van der Waals surface area contributed by atoms with Crippen LogP contribution in [-0.2, 0) is 0 Å². The summed E-state index contributed by atoms with van der Waals surface area (Å²) in [5.41, 5.74) is -3.67. The van der Waals surface area contributed by atoms with E-state index in [1.54, 1.807) is 30.3 Å². The van der Waals surface area contributed by atoms with E-state index in [2.05, 4.69) is 4.85 Å². The minimum absolute atomic E-state index is 0.0550. The van der Waals surface area contributed by atoms with Crippen molar-refractivity contribution in [2.75, 3.05) is 0 Å². The Hall–Kier alpha value is -7.60. The number of hydrogen-bond acceptors (Lipinski definition) is 7. The Morgan fingerprint density at radius 2 is 0.932 bits per heavy atom.